The van der Waals surface area contributed by atoms with Crippen LogP contribution >= 0.6 is 0 Å². The van der Waals surface area contributed by atoms with Crippen molar-refractivity contribution in [2.45, 2.75) is 13.8 Å². The van der Waals surface area contributed by atoms with Crippen LogP contribution in [0.2, 0.25) is 0 Å². The van der Waals surface area contributed by atoms with Crippen molar-refractivity contribution in [3.8, 4) is 11.3 Å². The third-order valence-corrected chi connectivity index (χ3v) is 5.62. The van der Waals surface area contributed by atoms with Crippen molar-refractivity contribution in [2.24, 2.45) is 7.05 Å². The van der Waals surface area contributed by atoms with Crippen LogP contribution in [0.3, 0.4) is 0 Å². The number of rotatable bonds is 0. The molecule has 0 saturated heterocycles. The maximum Gasteiger partial charge on any atom is 0.287 e. The molecule has 1 aliphatic heterocycles. The number of fused-ring (bicyclic) bond motifs is 3. The Morgan fingerprint density at radius 1 is 0.920 bits per heavy atom. The van der Waals surface area contributed by atoms with E-state index in [1.165, 1.54) is 49.9 Å². The molecule has 0 unspecified atom stereocenters. The maximum atomic E-state index is 4.64. The Labute approximate surface area is 147 Å². The van der Waals surface area contributed by atoms with Crippen molar-refractivity contribution in [1.82, 2.24) is 4.98 Å². The Morgan fingerprint density at radius 2 is 1.64 bits per heavy atom. The number of hydrogen-bond donors (Lipinski definition) is 0. The van der Waals surface area contributed by atoms with Gasteiger partial charge in [0, 0.05) is 12.6 Å². The van der Waals surface area contributed by atoms with Gasteiger partial charge in [-0.2, -0.15) is 0 Å². The minimum absolute atomic E-state index is 1.05. The number of hydrogen-bond acceptors (Lipinski definition) is 2. The summed E-state index contributed by atoms with van der Waals surface area (Å²) in [4.78, 5) is 6.98. The molecule has 0 atom stereocenters. The van der Waals surface area contributed by atoms with Crippen molar-refractivity contribution >= 4 is 33.1 Å². The highest BCUT2D eigenvalue weighted by atomic mass is 15.1. The standard InChI is InChI=1S/C22H20N3/c1-13-15-8-5-6-9-16(15)14(2)21-19(13)22-20-17(23-12-24(22)3)10-7-11-18(20)25(21)4/h5-12H,1-4H3/q+1. The lowest BCUT2D eigenvalue weighted by Gasteiger charge is -2.32. The molecule has 0 fully saturated rings. The molecule has 0 N–H and O–H groups in total. The minimum Gasteiger partial charge on any atom is -0.343 e. The second-order valence-corrected chi connectivity index (χ2v) is 6.95. The van der Waals surface area contributed by atoms with Crippen molar-refractivity contribution < 1.29 is 4.57 Å². The molecule has 2 heterocycles. The van der Waals surface area contributed by atoms with E-state index in [1.54, 1.807) is 0 Å². The summed E-state index contributed by atoms with van der Waals surface area (Å²) in [5, 5.41) is 3.90. The topological polar surface area (TPSA) is 20.0 Å². The fourth-order valence-electron chi connectivity index (χ4n) is 4.44. The van der Waals surface area contributed by atoms with Crippen molar-refractivity contribution in [3.05, 3.63) is 59.9 Å². The fraction of sp³-hybridized carbons (Fsp3) is 0.182. The summed E-state index contributed by atoms with van der Waals surface area (Å²) in [5.41, 5.74) is 8.83. The third kappa shape index (κ3) is 1.70. The molecule has 0 bridgehead atoms. The van der Waals surface area contributed by atoms with Crippen LogP contribution < -0.4 is 9.47 Å². The van der Waals surface area contributed by atoms with Crippen LogP contribution in [0.1, 0.15) is 11.1 Å². The highest BCUT2D eigenvalue weighted by Crippen LogP contribution is 2.49. The smallest absolute Gasteiger partial charge is 0.287 e. The zero-order chi connectivity index (χ0) is 17.3. The van der Waals surface area contributed by atoms with Crippen LogP contribution in [0, 0.1) is 13.8 Å². The van der Waals surface area contributed by atoms with Gasteiger partial charge in [0.25, 0.3) is 6.33 Å². The zero-order valence-corrected chi connectivity index (χ0v) is 15.0. The first kappa shape index (κ1) is 14.4. The fourth-order valence-corrected chi connectivity index (χ4v) is 4.44. The molecule has 0 aliphatic carbocycles. The molecule has 0 saturated carbocycles. The van der Waals surface area contributed by atoms with E-state index in [9.17, 15) is 0 Å². The predicted molar refractivity (Wildman–Crippen MR) is 103 cm³/mol. The first-order chi connectivity index (χ1) is 12.1. The van der Waals surface area contributed by atoms with Gasteiger partial charge < -0.3 is 4.90 Å². The Hall–Kier alpha value is -2.94. The Morgan fingerprint density at radius 3 is 2.40 bits per heavy atom. The highest BCUT2D eigenvalue weighted by molar-refractivity contribution is 6.13. The lowest BCUT2D eigenvalue weighted by atomic mass is 9.87. The molecule has 25 heavy (non-hydrogen) atoms. The monoisotopic (exact) mass is 326 g/mol. The van der Waals surface area contributed by atoms with Crippen LogP contribution in [0.15, 0.2) is 48.8 Å². The Kier molecular flexibility index (Phi) is 2.76. The average molecular weight is 326 g/mol. The lowest BCUT2D eigenvalue weighted by molar-refractivity contribution is -0.662. The minimum atomic E-state index is 1.05. The van der Waals surface area contributed by atoms with Crippen LogP contribution in [-0.2, 0) is 7.05 Å². The van der Waals surface area contributed by atoms with E-state index in [0.29, 0.717) is 0 Å². The van der Waals surface area contributed by atoms with Crippen molar-refractivity contribution in [1.29, 1.82) is 0 Å². The number of nitrogens with zero attached hydrogens (tertiary/aromatic N) is 3. The van der Waals surface area contributed by atoms with E-state index < -0.39 is 0 Å². The quantitative estimate of drug-likeness (QED) is 0.441. The van der Waals surface area contributed by atoms with Gasteiger partial charge in [0.15, 0.2) is 5.52 Å². The van der Waals surface area contributed by atoms with Crippen LogP contribution in [-0.4, -0.2) is 12.0 Å². The summed E-state index contributed by atoms with van der Waals surface area (Å²) >= 11 is 0. The maximum absolute atomic E-state index is 4.64. The molecule has 0 spiro atoms. The van der Waals surface area contributed by atoms with Gasteiger partial charge in [0.1, 0.15) is 5.69 Å². The van der Waals surface area contributed by atoms with Crippen molar-refractivity contribution in [2.75, 3.05) is 11.9 Å². The summed E-state index contributed by atoms with van der Waals surface area (Å²) in [6, 6.07) is 15.1. The van der Waals surface area contributed by atoms with Gasteiger partial charge >= 0.3 is 0 Å². The average Bonchev–Trinajstić information content (AvgIpc) is 2.64. The molecule has 0 radical (unpaired) electrons. The third-order valence-electron chi connectivity index (χ3n) is 5.62. The van der Waals surface area contributed by atoms with Crippen LogP contribution in [0.25, 0.3) is 32.9 Å². The number of benzene rings is 3. The second-order valence-electron chi connectivity index (χ2n) is 6.95. The molecule has 3 aromatic carbocycles. The van der Waals surface area contributed by atoms with Gasteiger partial charge in [-0.3, -0.25) is 0 Å². The summed E-state index contributed by atoms with van der Waals surface area (Å²) < 4.78 is 2.17. The molecular weight excluding hydrogens is 306 g/mol. The highest BCUT2D eigenvalue weighted by Gasteiger charge is 2.31. The van der Waals surface area contributed by atoms with E-state index in [1.807, 2.05) is 6.33 Å². The lowest BCUT2D eigenvalue weighted by Crippen LogP contribution is -2.34. The Bertz CT molecular complexity index is 1190. The van der Waals surface area contributed by atoms with Crippen LogP contribution in [0.5, 0.6) is 0 Å². The van der Waals surface area contributed by atoms with E-state index in [0.717, 1.165) is 5.52 Å². The molecule has 3 heteroatoms. The molecule has 5 rings (SSSR count). The summed E-state index contributed by atoms with van der Waals surface area (Å²) in [6.07, 6.45) is 1.93. The molecule has 3 nitrogen and oxygen atoms in total. The molecule has 1 aliphatic rings. The van der Waals surface area contributed by atoms with Gasteiger partial charge in [-0.15, -0.1) is 0 Å². The van der Waals surface area contributed by atoms with Gasteiger partial charge in [-0.1, -0.05) is 30.3 Å². The van der Waals surface area contributed by atoms with Gasteiger partial charge in [0.05, 0.1) is 23.8 Å². The molecule has 0 amide bonds. The number of aryl methyl sites for hydroxylation is 3. The predicted octanol–water partition coefficient (Wildman–Crippen LogP) is 4.58. The number of anilines is 2. The number of aromatic nitrogens is 2. The second kappa shape index (κ2) is 4.79. The Balaban J connectivity index is 2.09. The first-order valence-corrected chi connectivity index (χ1v) is 8.63. The first-order valence-electron chi connectivity index (χ1n) is 8.63. The van der Waals surface area contributed by atoms with Crippen molar-refractivity contribution in [3.63, 3.8) is 0 Å². The summed E-state index contributed by atoms with van der Waals surface area (Å²) in [7, 11) is 4.27. The zero-order valence-electron chi connectivity index (χ0n) is 15.0. The molecule has 1 aromatic heterocycles. The van der Waals surface area contributed by atoms with E-state index in [-0.39, 0.29) is 0 Å². The molecule has 122 valence electrons. The van der Waals surface area contributed by atoms with E-state index >= 15 is 0 Å². The summed E-state index contributed by atoms with van der Waals surface area (Å²) in [6.45, 7) is 4.48. The summed E-state index contributed by atoms with van der Waals surface area (Å²) in [5.74, 6) is 0. The van der Waals surface area contributed by atoms with E-state index in [2.05, 4.69) is 84.9 Å². The van der Waals surface area contributed by atoms with Gasteiger partial charge in [-0.05, 0) is 52.9 Å². The molecule has 4 aromatic rings. The largest absolute Gasteiger partial charge is 0.343 e. The van der Waals surface area contributed by atoms with E-state index in [4.69, 9.17) is 0 Å². The van der Waals surface area contributed by atoms with Gasteiger partial charge in [-0.25, -0.2) is 4.57 Å². The van der Waals surface area contributed by atoms with Crippen LogP contribution in [0.4, 0.5) is 11.4 Å². The SMILES string of the molecule is Cc1c2c(c(C)c3ccccc13)N(C)c1cccc3nc[n+](C)c-2c13. The van der Waals surface area contributed by atoms with Gasteiger partial charge in [0.2, 0.25) is 0 Å². The molecular formula is C22H20N3+. The normalized spacial score (nSPS) is 12.7.